The van der Waals surface area contributed by atoms with Gasteiger partial charge in [-0.3, -0.25) is 20.4 Å². The molecule has 0 fully saturated rings. The Hall–Kier alpha value is -2.93. The number of para-hydroxylation sites is 1. The number of carbonyl (C=O) groups is 2. The lowest BCUT2D eigenvalue weighted by molar-refractivity contribution is -0.130. The summed E-state index contributed by atoms with van der Waals surface area (Å²) in [7, 11) is 0. The fraction of sp³-hybridized carbons (Fsp3) is 0.286. The van der Waals surface area contributed by atoms with Gasteiger partial charge >= 0.3 is 0 Å². The lowest BCUT2D eigenvalue weighted by Gasteiger charge is -2.09. The third kappa shape index (κ3) is 5.53. The number of aromatic nitrogens is 1. The average Bonchev–Trinajstić information content (AvgIpc) is 3.10. The number of fused-ring (bicyclic) bond motifs is 1. The van der Waals surface area contributed by atoms with Crippen molar-refractivity contribution in [2.24, 2.45) is 0 Å². The zero-order valence-corrected chi connectivity index (χ0v) is 16.8. The van der Waals surface area contributed by atoms with Gasteiger partial charge in [0, 0.05) is 6.42 Å². The van der Waals surface area contributed by atoms with Crippen molar-refractivity contribution in [3.63, 3.8) is 0 Å². The second kappa shape index (κ2) is 9.32. The van der Waals surface area contributed by atoms with Crippen LogP contribution in [-0.2, 0) is 16.0 Å². The molecule has 3 aromatic rings. The highest BCUT2D eigenvalue weighted by Gasteiger charge is 2.08. The maximum atomic E-state index is 11.9. The highest BCUT2D eigenvalue weighted by molar-refractivity contribution is 7.18. The molecule has 146 valence electrons. The van der Waals surface area contributed by atoms with Crippen LogP contribution in [0.15, 0.2) is 42.5 Å². The van der Waals surface area contributed by atoms with E-state index in [9.17, 15) is 9.59 Å². The fourth-order valence-electron chi connectivity index (χ4n) is 2.62. The maximum Gasteiger partial charge on any atom is 0.276 e. The van der Waals surface area contributed by atoms with E-state index in [1.807, 2.05) is 56.3 Å². The van der Waals surface area contributed by atoms with Crippen molar-refractivity contribution in [3.05, 3.63) is 58.6 Å². The summed E-state index contributed by atoms with van der Waals surface area (Å²) in [6.07, 6.45) is 1.71. The lowest BCUT2D eigenvalue weighted by atomic mass is 10.1. The topological polar surface area (TPSA) is 80.3 Å². The van der Waals surface area contributed by atoms with Crippen LogP contribution < -0.4 is 15.6 Å². The van der Waals surface area contributed by atoms with E-state index in [0.717, 1.165) is 32.8 Å². The number of carbonyl (C=O) groups excluding carboxylic acids is 2. The molecular formula is C21H23N3O3S. The number of ether oxygens (including phenoxy) is 1. The number of hydrazine groups is 1. The number of nitrogens with one attached hydrogen (secondary N) is 2. The molecule has 6 nitrogen and oxygen atoms in total. The molecule has 0 spiro atoms. The minimum absolute atomic E-state index is 0.158. The largest absolute Gasteiger partial charge is 0.484 e. The number of hydrogen-bond donors (Lipinski definition) is 2. The van der Waals surface area contributed by atoms with Gasteiger partial charge in [-0.1, -0.05) is 18.2 Å². The molecule has 0 unspecified atom stereocenters. The highest BCUT2D eigenvalue weighted by Crippen LogP contribution is 2.22. The Morgan fingerprint density at radius 1 is 1.04 bits per heavy atom. The molecule has 1 aromatic heterocycles. The molecule has 0 aliphatic rings. The molecule has 7 heteroatoms. The molecule has 0 bridgehead atoms. The molecule has 0 radical (unpaired) electrons. The second-order valence-corrected chi connectivity index (χ2v) is 7.68. The SMILES string of the molecule is Cc1ccc(OCC(=O)NNC(=O)CCCc2nc3ccccc3s2)cc1C. The molecule has 0 aliphatic carbocycles. The van der Waals surface area contributed by atoms with Crippen molar-refractivity contribution in [1.82, 2.24) is 15.8 Å². The number of hydrogen-bond acceptors (Lipinski definition) is 5. The molecule has 2 amide bonds. The molecule has 0 saturated carbocycles. The lowest BCUT2D eigenvalue weighted by Crippen LogP contribution is -2.43. The first kappa shape index (κ1) is 19.8. The number of benzene rings is 2. The molecule has 0 atom stereocenters. The molecule has 0 saturated heterocycles. The monoisotopic (exact) mass is 397 g/mol. The molecule has 3 rings (SSSR count). The number of amides is 2. The number of thiazole rings is 1. The number of aryl methyl sites for hydroxylation is 3. The van der Waals surface area contributed by atoms with Crippen LogP contribution in [0.4, 0.5) is 0 Å². The van der Waals surface area contributed by atoms with E-state index in [2.05, 4.69) is 15.8 Å². The highest BCUT2D eigenvalue weighted by atomic mass is 32.1. The first-order valence-corrected chi connectivity index (χ1v) is 9.95. The Bertz CT molecular complexity index is 951. The Morgan fingerprint density at radius 3 is 2.61 bits per heavy atom. The van der Waals surface area contributed by atoms with Crippen LogP contribution in [0, 0.1) is 13.8 Å². The Kier molecular flexibility index (Phi) is 6.60. The fourth-order valence-corrected chi connectivity index (χ4v) is 3.63. The summed E-state index contributed by atoms with van der Waals surface area (Å²) in [5, 5.41) is 1.01. The van der Waals surface area contributed by atoms with Crippen LogP contribution in [0.25, 0.3) is 10.2 Å². The van der Waals surface area contributed by atoms with Gasteiger partial charge in [0.1, 0.15) is 5.75 Å². The van der Waals surface area contributed by atoms with E-state index in [1.165, 1.54) is 0 Å². The van der Waals surface area contributed by atoms with Gasteiger partial charge in [-0.25, -0.2) is 4.98 Å². The first-order chi connectivity index (χ1) is 13.5. The van der Waals surface area contributed by atoms with Crippen LogP contribution in [0.3, 0.4) is 0 Å². The minimum Gasteiger partial charge on any atom is -0.484 e. The molecule has 1 heterocycles. The Morgan fingerprint density at radius 2 is 1.82 bits per heavy atom. The zero-order chi connectivity index (χ0) is 19.9. The first-order valence-electron chi connectivity index (χ1n) is 9.13. The van der Waals surface area contributed by atoms with Crippen molar-refractivity contribution in [3.8, 4) is 5.75 Å². The molecular weight excluding hydrogens is 374 g/mol. The van der Waals surface area contributed by atoms with Crippen LogP contribution in [0.2, 0.25) is 0 Å². The van der Waals surface area contributed by atoms with E-state index in [1.54, 1.807) is 11.3 Å². The molecule has 0 aliphatic heterocycles. The molecule has 2 aromatic carbocycles. The van der Waals surface area contributed by atoms with E-state index < -0.39 is 5.91 Å². The van der Waals surface area contributed by atoms with Crippen LogP contribution >= 0.6 is 11.3 Å². The zero-order valence-electron chi connectivity index (χ0n) is 16.0. The van der Waals surface area contributed by atoms with Gasteiger partial charge in [0.25, 0.3) is 5.91 Å². The van der Waals surface area contributed by atoms with Crippen molar-refractivity contribution in [2.75, 3.05) is 6.61 Å². The van der Waals surface area contributed by atoms with Gasteiger partial charge in [-0.15, -0.1) is 11.3 Å². The third-order valence-electron chi connectivity index (χ3n) is 4.32. The predicted molar refractivity (Wildman–Crippen MR) is 110 cm³/mol. The summed E-state index contributed by atoms with van der Waals surface area (Å²) < 4.78 is 6.58. The van der Waals surface area contributed by atoms with Crippen LogP contribution in [0.1, 0.15) is 29.0 Å². The summed E-state index contributed by atoms with van der Waals surface area (Å²) >= 11 is 1.64. The smallest absolute Gasteiger partial charge is 0.276 e. The van der Waals surface area contributed by atoms with Crippen molar-refractivity contribution >= 4 is 33.4 Å². The molecule has 28 heavy (non-hydrogen) atoms. The van der Waals surface area contributed by atoms with E-state index in [4.69, 9.17) is 4.74 Å². The maximum absolute atomic E-state index is 11.9. The van der Waals surface area contributed by atoms with Crippen LogP contribution in [-0.4, -0.2) is 23.4 Å². The summed E-state index contributed by atoms with van der Waals surface area (Å²) in [6, 6.07) is 13.6. The van der Waals surface area contributed by atoms with Gasteiger partial charge in [-0.05, 0) is 62.1 Å². The Labute approximate surface area is 167 Å². The second-order valence-electron chi connectivity index (χ2n) is 6.56. The van der Waals surface area contributed by atoms with E-state index >= 15 is 0 Å². The molecule has 2 N–H and O–H groups in total. The quantitative estimate of drug-likeness (QED) is 0.599. The summed E-state index contributed by atoms with van der Waals surface area (Å²) in [4.78, 5) is 28.2. The van der Waals surface area contributed by atoms with Crippen molar-refractivity contribution < 1.29 is 14.3 Å². The van der Waals surface area contributed by atoms with Gasteiger partial charge < -0.3 is 4.74 Å². The van der Waals surface area contributed by atoms with Crippen LogP contribution in [0.5, 0.6) is 5.75 Å². The minimum atomic E-state index is -0.405. The van der Waals surface area contributed by atoms with Gasteiger partial charge in [-0.2, -0.15) is 0 Å². The number of rotatable bonds is 7. The summed E-state index contributed by atoms with van der Waals surface area (Å²) in [5.74, 6) is -0.0150. The average molecular weight is 398 g/mol. The van der Waals surface area contributed by atoms with E-state index in [-0.39, 0.29) is 12.5 Å². The van der Waals surface area contributed by atoms with Gasteiger partial charge in [0.05, 0.1) is 15.2 Å². The van der Waals surface area contributed by atoms with Crippen molar-refractivity contribution in [1.29, 1.82) is 0 Å². The predicted octanol–water partition coefficient (Wildman–Crippen LogP) is 3.46. The number of nitrogens with zero attached hydrogens (tertiary/aromatic N) is 1. The normalized spacial score (nSPS) is 10.6. The van der Waals surface area contributed by atoms with E-state index in [0.29, 0.717) is 18.6 Å². The van der Waals surface area contributed by atoms with Crippen molar-refractivity contribution in [2.45, 2.75) is 33.1 Å². The Balaban J connectivity index is 1.34. The summed E-state index contributed by atoms with van der Waals surface area (Å²) in [6.45, 7) is 3.84. The van der Waals surface area contributed by atoms with Gasteiger partial charge in [0.15, 0.2) is 6.61 Å². The third-order valence-corrected chi connectivity index (χ3v) is 5.42. The standard InChI is InChI=1S/C21H23N3O3S/c1-14-10-11-16(12-15(14)2)27-13-20(26)24-23-19(25)8-5-9-21-22-17-6-3-4-7-18(17)28-21/h3-4,6-7,10-12H,5,8-9,13H2,1-2H3,(H,23,25)(H,24,26). The van der Waals surface area contributed by atoms with Gasteiger partial charge in [0.2, 0.25) is 5.91 Å². The summed E-state index contributed by atoms with van der Waals surface area (Å²) in [5.41, 5.74) is 8.04.